The fraction of sp³-hybridized carbons (Fsp3) is 0.559. The van der Waals surface area contributed by atoms with Crippen LogP contribution in [0.3, 0.4) is 0 Å². The van der Waals surface area contributed by atoms with E-state index in [0.29, 0.717) is 56.2 Å². The van der Waals surface area contributed by atoms with Crippen LogP contribution in [0, 0.1) is 35.5 Å². The number of methoxy groups -OCH3 is 2. The zero-order chi connectivity index (χ0) is 67.6. The molecule has 91 heavy (non-hydrogen) atoms. The van der Waals surface area contributed by atoms with Gasteiger partial charge in [0.05, 0.1) is 53.6 Å². The number of hydrogen-bond donors (Lipinski definition) is 3. The van der Waals surface area contributed by atoms with E-state index in [1.807, 2.05) is 97.8 Å². The Hall–Kier alpha value is -7.31. The Morgan fingerprint density at radius 2 is 1.41 bits per heavy atom. The summed E-state index contributed by atoms with van der Waals surface area (Å²) in [6.07, 6.45) is 3.66. The van der Waals surface area contributed by atoms with E-state index < -0.39 is 98.3 Å². The number of hydrogen-bond acceptors (Lipinski definition) is 16. The van der Waals surface area contributed by atoms with Crippen molar-refractivity contribution in [2.75, 3.05) is 53.8 Å². The summed E-state index contributed by atoms with van der Waals surface area (Å²) >= 11 is 0. The van der Waals surface area contributed by atoms with Gasteiger partial charge in [-0.15, -0.1) is 0 Å². The fourth-order valence-electron chi connectivity index (χ4n) is 12.5. The third-order valence-corrected chi connectivity index (χ3v) is 18.5. The van der Waals surface area contributed by atoms with E-state index in [-0.39, 0.29) is 96.4 Å². The number of hydrazone groups is 1. The molecule has 1 fully saturated rings. The van der Waals surface area contributed by atoms with Crippen LogP contribution in [0.15, 0.2) is 94.9 Å². The van der Waals surface area contributed by atoms with E-state index in [2.05, 4.69) is 15.8 Å². The van der Waals surface area contributed by atoms with Gasteiger partial charge in [-0.05, 0) is 106 Å². The molecule has 2 heterocycles. The van der Waals surface area contributed by atoms with Gasteiger partial charge >= 0.3 is 5.97 Å². The highest BCUT2D eigenvalue weighted by atomic mass is 32.2. The fourth-order valence-corrected chi connectivity index (χ4v) is 13.2. The molecule has 3 aromatic carbocycles. The van der Waals surface area contributed by atoms with Crippen LogP contribution in [0.1, 0.15) is 164 Å². The number of imide groups is 1. The molecule has 0 bridgehead atoms. The highest BCUT2D eigenvalue weighted by Crippen LogP contribution is 2.35. The van der Waals surface area contributed by atoms with Gasteiger partial charge in [0, 0.05) is 89.2 Å². The number of carbonyl (C=O) groups excluding carboxylic acids is 9. The van der Waals surface area contributed by atoms with Crippen molar-refractivity contribution in [1.29, 1.82) is 0 Å². The zero-order valence-electron chi connectivity index (χ0n) is 55.3. The zero-order valence-corrected chi connectivity index (χ0v) is 56.1. The number of nitrogens with one attached hydrogen (secondary N) is 2. The normalized spacial score (nSPS) is 17.5. The van der Waals surface area contributed by atoms with Gasteiger partial charge in [0.1, 0.15) is 16.8 Å². The lowest BCUT2D eigenvalue weighted by Gasteiger charge is -2.41. The summed E-state index contributed by atoms with van der Waals surface area (Å²) in [7, 11) is 3.60. The summed E-state index contributed by atoms with van der Waals surface area (Å²) < 4.78 is 53.4. The number of Topliss-reactive ketones (excluding diaryl/α,β-unsaturated/α-hetero) is 2. The number of ketones is 2. The Morgan fingerprint density at radius 3 is 1.98 bits per heavy atom. The number of anilines is 1. The summed E-state index contributed by atoms with van der Waals surface area (Å²) in [6.45, 7) is 17.8. The Kier molecular flexibility index (Phi) is 28.1. The molecule has 0 saturated carbocycles. The predicted octanol–water partition coefficient (Wildman–Crippen LogP) is 8.74. The molecule has 2 aliphatic heterocycles. The number of likely N-dealkylation sites (N-methyl/N-ethyl adjacent to an activating group) is 2. The maximum absolute atomic E-state index is 14.6. The lowest BCUT2D eigenvalue weighted by atomic mass is 9.83. The number of benzene rings is 3. The third kappa shape index (κ3) is 20.1. The average molecular weight is 1280 g/mol. The Morgan fingerprint density at radius 1 is 0.769 bits per heavy atom. The second-order valence-corrected chi connectivity index (χ2v) is 26.5. The van der Waals surface area contributed by atoms with Crippen LogP contribution in [-0.4, -0.2) is 170 Å². The molecule has 0 aromatic heterocycles. The topological polar surface area (TPSA) is 285 Å². The van der Waals surface area contributed by atoms with Crippen LogP contribution in [0.4, 0.5) is 5.69 Å². The molecule has 0 unspecified atom stereocenters. The van der Waals surface area contributed by atoms with Crippen molar-refractivity contribution in [2.24, 2.45) is 40.6 Å². The minimum absolute atomic E-state index is 0.00175. The largest absolute Gasteiger partial charge is 0.454 e. The van der Waals surface area contributed by atoms with Crippen molar-refractivity contribution in [3.05, 3.63) is 107 Å². The molecular formula is C68H95N7O15S. The van der Waals surface area contributed by atoms with E-state index in [1.54, 1.807) is 49.9 Å². The van der Waals surface area contributed by atoms with Gasteiger partial charge < -0.3 is 29.3 Å². The first-order chi connectivity index (χ1) is 42.9. The monoisotopic (exact) mass is 1280 g/mol. The summed E-state index contributed by atoms with van der Waals surface area (Å²) in [5, 5.41) is 6.67. The number of esters is 1. The maximum atomic E-state index is 14.6. The smallest absolute Gasteiger partial charge is 0.338 e. The molecule has 0 aliphatic carbocycles. The number of nitrogens with zero attached hydrogens (tertiary/aromatic N) is 5. The quantitative estimate of drug-likeness (QED) is 0.0124. The summed E-state index contributed by atoms with van der Waals surface area (Å²) in [5.74, 6) is -5.33. The van der Waals surface area contributed by atoms with Crippen LogP contribution in [0.5, 0.6) is 0 Å². The lowest BCUT2D eigenvalue weighted by molar-refractivity contribution is -0.149. The Bertz CT molecular complexity index is 3200. The van der Waals surface area contributed by atoms with E-state index >= 15 is 0 Å². The number of amides is 6. The molecule has 10 atom stereocenters. The molecular weight excluding hydrogens is 1190 g/mol. The van der Waals surface area contributed by atoms with Crippen molar-refractivity contribution < 1.29 is 70.3 Å². The molecule has 2 aliphatic rings. The number of unbranched alkanes of at least 4 members (excludes halogenated alkanes) is 2. The second-order valence-electron chi connectivity index (χ2n) is 25.1. The van der Waals surface area contributed by atoms with Gasteiger partial charge in [0.15, 0.2) is 5.78 Å². The molecule has 0 spiro atoms. The van der Waals surface area contributed by atoms with Crippen LogP contribution < -0.4 is 10.7 Å². The molecule has 6 amide bonds. The second kappa shape index (κ2) is 34.4. The van der Waals surface area contributed by atoms with E-state index in [1.165, 1.54) is 37.5 Å². The SMILES string of the molecule is CC[C@H](C)[C@@H]([C@@H](CC(=O)N1CCC[C@H]1[C@H](OC)[C@@H](C)C(=O)C[C@H](C)[C@@H](OC(=O)c1ccc(C(C)=NNC(=O)c2ccc(NC(=O)CCCCCN3C(=O)C=CC3=O)cc2S(=O)(=O)O)cc1)c1ccccc1)OC)N(C)C(=O)[C@@H](CC(=O)[C@H](C(C)C)N(C)C)C(C)C. The number of ether oxygens (including phenoxy) is 3. The molecule has 5 rings (SSSR count). The summed E-state index contributed by atoms with van der Waals surface area (Å²) in [6, 6.07) is 17.3. The lowest BCUT2D eigenvalue weighted by Crippen LogP contribution is -2.54. The summed E-state index contributed by atoms with van der Waals surface area (Å²) in [5.41, 5.74) is 3.40. The van der Waals surface area contributed by atoms with Gasteiger partial charge in [-0.2, -0.15) is 13.5 Å². The summed E-state index contributed by atoms with van der Waals surface area (Å²) in [4.78, 5) is 127. The van der Waals surface area contributed by atoms with Crippen molar-refractivity contribution in [1.82, 2.24) is 25.0 Å². The third-order valence-electron chi connectivity index (χ3n) is 17.7. The van der Waals surface area contributed by atoms with Gasteiger partial charge in [-0.25, -0.2) is 10.2 Å². The molecule has 498 valence electrons. The first-order valence-electron chi connectivity index (χ1n) is 31.4. The van der Waals surface area contributed by atoms with Crippen LogP contribution in [0.2, 0.25) is 0 Å². The van der Waals surface area contributed by atoms with Gasteiger partial charge in [-0.3, -0.25) is 52.7 Å². The highest BCUT2D eigenvalue weighted by molar-refractivity contribution is 7.86. The molecule has 3 N–H and O–H groups in total. The van der Waals surface area contributed by atoms with Crippen molar-refractivity contribution in [3.63, 3.8) is 0 Å². The predicted molar refractivity (Wildman–Crippen MR) is 345 cm³/mol. The van der Waals surface area contributed by atoms with E-state index in [0.717, 1.165) is 17.0 Å². The molecule has 22 nitrogen and oxygen atoms in total. The number of carbonyl (C=O) groups is 9. The van der Waals surface area contributed by atoms with Gasteiger partial charge in [-0.1, -0.05) is 111 Å². The van der Waals surface area contributed by atoms with Crippen LogP contribution >= 0.6 is 0 Å². The Balaban J connectivity index is 1.22. The average Bonchev–Trinajstić information content (AvgIpc) is 2.53. The minimum Gasteiger partial charge on any atom is -0.454 e. The molecule has 23 heteroatoms. The minimum atomic E-state index is -4.98. The van der Waals surface area contributed by atoms with Gasteiger partial charge in [0.25, 0.3) is 27.8 Å². The molecule has 1 saturated heterocycles. The Labute approximate surface area is 537 Å². The molecule has 3 aromatic rings. The first-order valence-corrected chi connectivity index (χ1v) is 32.9. The van der Waals surface area contributed by atoms with Crippen molar-refractivity contribution in [3.8, 4) is 0 Å². The molecule has 0 radical (unpaired) electrons. The first kappa shape index (κ1) is 74.4. The van der Waals surface area contributed by atoms with E-state index in [4.69, 9.17) is 14.2 Å². The van der Waals surface area contributed by atoms with Crippen molar-refractivity contribution >= 4 is 74.5 Å². The van der Waals surface area contributed by atoms with Crippen LogP contribution in [-0.2, 0) is 57.9 Å². The number of rotatable bonds is 35. The maximum Gasteiger partial charge on any atom is 0.338 e. The highest BCUT2D eigenvalue weighted by Gasteiger charge is 2.44. The standard InChI is InChI=1S/C68H95N7O15S/c1-15-43(6)63(73(12)67(83)52(41(2)3)39-55(77)62(42(4)5)72(10)11)56(88-13)40-61(81)74-36-22-25-53(74)65(89-14)45(8)54(76)37-44(7)64(48-23-18-16-19-24-48)90-68(84)49-29-27-47(28-30-49)46(9)70-71-66(82)51-32-31-50(38-57(51)91(85,86)87)69-58(78)26-20-17-21-35-75-59(79)33-34-60(75)80/h16,18-19,23-24,27-34,38,41-45,52-53,56,62-65H,15,17,20-22,25-26,35-37,39-40H2,1-14H3,(H,69,78)(H,71,82)(H,85,86,87)/t43-,44-,45-,52-,53-,56+,62-,63-,64+,65+/m0/s1. The number of likely N-dealkylation sites (tertiary alicyclic amines) is 1. The van der Waals surface area contributed by atoms with Crippen molar-refractivity contribution in [2.45, 2.75) is 168 Å². The van der Waals surface area contributed by atoms with Crippen LogP contribution in [0.25, 0.3) is 0 Å². The van der Waals surface area contributed by atoms with E-state index in [9.17, 15) is 56.1 Å². The van der Waals surface area contributed by atoms with Gasteiger partial charge in [0.2, 0.25) is 17.7 Å².